The van der Waals surface area contributed by atoms with Crippen LogP contribution in [0.4, 0.5) is 5.69 Å². The van der Waals surface area contributed by atoms with Gasteiger partial charge in [0.1, 0.15) is 0 Å². The maximum Gasteiger partial charge on any atom is 0.210 e. The normalized spacial score (nSPS) is 11.6. The average Bonchev–Trinajstić information content (AvgIpc) is 2.40. The predicted octanol–water partition coefficient (Wildman–Crippen LogP) is 2.72. The first kappa shape index (κ1) is 16.9. The van der Waals surface area contributed by atoms with Crippen molar-refractivity contribution in [2.45, 2.75) is 27.2 Å². The molecule has 6 heteroatoms. The maximum atomic E-state index is 5.51. The summed E-state index contributed by atoms with van der Waals surface area (Å²) in [6.45, 7) is 8.19. The van der Waals surface area contributed by atoms with Crippen molar-refractivity contribution in [2.75, 3.05) is 25.1 Å². The van der Waals surface area contributed by atoms with Gasteiger partial charge < -0.3 is 10.1 Å². The van der Waals surface area contributed by atoms with E-state index in [1.807, 2.05) is 20.8 Å². The van der Waals surface area contributed by atoms with E-state index >= 15 is 0 Å². The van der Waals surface area contributed by atoms with Crippen LogP contribution in [0.3, 0.4) is 0 Å². The largest absolute Gasteiger partial charge is 0.382 e. The Kier molecular flexibility index (Phi) is 7.58. The molecule has 5 nitrogen and oxygen atoms in total. The minimum Gasteiger partial charge on any atom is -0.382 e. The zero-order chi connectivity index (χ0) is 15.0. The Bertz CT molecular complexity index is 439. The van der Waals surface area contributed by atoms with Crippen molar-refractivity contribution in [1.82, 2.24) is 5.43 Å². The van der Waals surface area contributed by atoms with Gasteiger partial charge in [-0.15, -0.1) is 0 Å². The summed E-state index contributed by atoms with van der Waals surface area (Å²) >= 11 is 3.48. The summed E-state index contributed by atoms with van der Waals surface area (Å²) in [4.78, 5) is 4.39. The molecule has 0 aliphatic heterocycles. The van der Waals surface area contributed by atoms with Crippen LogP contribution in [0.5, 0.6) is 0 Å². The lowest BCUT2D eigenvalue weighted by atomic mass is 10.1. The lowest BCUT2D eigenvalue weighted by Crippen LogP contribution is -2.36. The summed E-state index contributed by atoms with van der Waals surface area (Å²) in [5.74, 6) is 6.07. The van der Waals surface area contributed by atoms with E-state index in [2.05, 4.69) is 43.8 Å². The molecule has 112 valence electrons. The van der Waals surface area contributed by atoms with E-state index in [4.69, 9.17) is 10.6 Å². The summed E-state index contributed by atoms with van der Waals surface area (Å²) in [5, 5.41) is 3.24. The van der Waals surface area contributed by atoms with Gasteiger partial charge in [0.2, 0.25) is 5.96 Å². The second-order valence-corrected chi connectivity index (χ2v) is 5.38. The standard InChI is InChI=1S/C14H23BrN4O/c1-4-20-7-5-6-17-14(19-16)18-13-10(2)8-12(15)9-11(13)3/h8-9H,4-7,16H2,1-3H3,(H2,17,18,19). The fourth-order valence-electron chi connectivity index (χ4n) is 1.85. The molecular weight excluding hydrogens is 320 g/mol. The third kappa shape index (κ3) is 5.48. The quantitative estimate of drug-likeness (QED) is 0.244. The molecule has 0 radical (unpaired) electrons. The van der Waals surface area contributed by atoms with Crippen molar-refractivity contribution in [3.63, 3.8) is 0 Å². The molecule has 0 fully saturated rings. The van der Waals surface area contributed by atoms with E-state index in [9.17, 15) is 0 Å². The number of aliphatic imine (C=N–C) groups is 1. The first-order chi connectivity index (χ1) is 9.58. The van der Waals surface area contributed by atoms with Crippen LogP contribution in [0.15, 0.2) is 21.6 Å². The molecule has 4 N–H and O–H groups in total. The van der Waals surface area contributed by atoms with Crippen molar-refractivity contribution in [3.05, 3.63) is 27.7 Å². The van der Waals surface area contributed by atoms with Gasteiger partial charge in [0, 0.05) is 29.9 Å². The van der Waals surface area contributed by atoms with Crippen LogP contribution in [-0.4, -0.2) is 25.7 Å². The number of benzene rings is 1. The molecule has 0 spiro atoms. The van der Waals surface area contributed by atoms with Crippen molar-refractivity contribution < 1.29 is 4.74 Å². The van der Waals surface area contributed by atoms with E-state index in [0.29, 0.717) is 19.1 Å². The number of hydrazine groups is 1. The summed E-state index contributed by atoms with van der Waals surface area (Å²) in [5.41, 5.74) is 5.89. The van der Waals surface area contributed by atoms with Crippen LogP contribution in [0, 0.1) is 13.8 Å². The van der Waals surface area contributed by atoms with E-state index < -0.39 is 0 Å². The third-order valence-corrected chi connectivity index (χ3v) is 3.26. The van der Waals surface area contributed by atoms with E-state index in [1.54, 1.807) is 0 Å². The zero-order valence-corrected chi connectivity index (χ0v) is 13.9. The number of guanidine groups is 1. The summed E-state index contributed by atoms with van der Waals surface area (Å²) in [7, 11) is 0. The molecule has 0 atom stereocenters. The van der Waals surface area contributed by atoms with Gasteiger partial charge in [-0.2, -0.15) is 0 Å². The Morgan fingerprint density at radius 1 is 1.35 bits per heavy atom. The smallest absolute Gasteiger partial charge is 0.210 e. The third-order valence-electron chi connectivity index (χ3n) is 2.80. The van der Waals surface area contributed by atoms with Gasteiger partial charge in [-0.3, -0.25) is 10.4 Å². The number of aryl methyl sites for hydroxylation is 2. The number of ether oxygens (including phenoxy) is 1. The number of nitrogens with zero attached hydrogens (tertiary/aromatic N) is 1. The molecule has 1 aromatic carbocycles. The molecule has 1 rings (SSSR count). The minimum absolute atomic E-state index is 0.565. The zero-order valence-electron chi connectivity index (χ0n) is 12.3. The molecule has 0 aromatic heterocycles. The molecule has 20 heavy (non-hydrogen) atoms. The second kappa shape index (κ2) is 8.94. The second-order valence-electron chi connectivity index (χ2n) is 4.46. The lowest BCUT2D eigenvalue weighted by Gasteiger charge is -2.14. The molecule has 0 amide bonds. The molecule has 0 saturated carbocycles. The van der Waals surface area contributed by atoms with Crippen LogP contribution in [0.1, 0.15) is 24.5 Å². The highest BCUT2D eigenvalue weighted by Gasteiger charge is 2.06. The molecule has 1 aromatic rings. The number of nitrogens with one attached hydrogen (secondary N) is 2. The topological polar surface area (TPSA) is 71.7 Å². The van der Waals surface area contributed by atoms with E-state index in [0.717, 1.165) is 34.3 Å². The van der Waals surface area contributed by atoms with Crippen molar-refractivity contribution in [1.29, 1.82) is 0 Å². The van der Waals surface area contributed by atoms with Crippen molar-refractivity contribution in [2.24, 2.45) is 10.8 Å². The number of hydrogen-bond acceptors (Lipinski definition) is 3. The number of hydrogen-bond donors (Lipinski definition) is 3. The summed E-state index contributed by atoms with van der Waals surface area (Å²) < 4.78 is 6.34. The Hall–Kier alpha value is -1.11. The molecule has 0 aliphatic rings. The van der Waals surface area contributed by atoms with Crippen LogP contribution >= 0.6 is 15.9 Å². The van der Waals surface area contributed by atoms with Gasteiger partial charge in [0.05, 0.1) is 0 Å². The SMILES string of the molecule is CCOCCCN=C(NN)Nc1c(C)cc(Br)cc1C. The van der Waals surface area contributed by atoms with Gasteiger partial charge in [0.15, 0.2) is 0 Å². The molecule has 0 saturated heterocycles. The fourth-order valence-corrected chi connectivity index (χ4v) is 2.54. The fraction of sp³-hybridized carbons (Fsp3) is 0.500. The lowest BCUT2D eigenvalue weighted by molar-refractivity contribution is 0.146. The van der Waals surface area contributed by atoms with Gasteiger partial charge in [-0.05, 0) is 50.5 Å². The summed E-state index contributed by atoms with van der Waals surface area (Å²) in [6, 6.07) is 4.11. The Labute approximate surface area is 129 Å². The number of halogens is 1. The van der Waals surface area contributed by atoms with Crippen LogP contribution in [0.25, 0.3) is 0 Å². The number of rotatable bonds is 6. The number of nitrogens with two attached hydrogens (primary N) is 1. The van der Waals surface area contributed by atoms with E-state index in [-0.39, 0.29) is 0 Å². The van der Waals surface area contributed by atoms with Gasteiger partial charge in [0.25, 0.3) is 0 Å². The first-order valence-corrected chi connectivity index (χ1v) is 7.50. The monoisotopic (exact) mass is 342 g/mol. The van der Waals surface area contributed by atoms with Gasteiger partial charge in [-0.1, -0.05) is 15.9 Å². The summed E-state index contributed by atoms with van der Waals surface area (Å²) in [6.07, 6.45) is 0.874. The molecule has 0 aliphatic carbocycles. The van der Waals surface area contributed by atoms with Crippen molar-refractivity contribution >= 4 is 27.6 Å². The average molecular weight is 343 g/mol. The molecule has 0 bridgehead atoms. The van der Waals surface area contributed by atoms with Gasteiger partial charge >= 0.3 is 0 Å². The van der Waals surface area contributed by atoms with Gasteiger partial charge in [-0.25, -0.2) is 5.84 Å². The number of anilines is 1. The molecule has 0 heterocycles. The van der Waals surface area contributed by atoms with E-state index in [1.165, 1.54) is 0 Å². The first-order valence-electron chi connectivity index (χ1n) is 6.71. The molecular formula is C14H23BrN4O. The Morgan fingerprint density at radius 2 is 2.00 bits per heavy atom. The Balaban J connectivity index is 2.66. The van der Waals surface area contributed by atoms with Crippen LogP contribution in [-0.2, 0) is 4.74 Å². The van der Waals surface area contributed by atoms with Crippen LogP contribution in [0.2, 0.25) is 0 Å². The highest BCUT2D eigenvalue weighted by molar-refractivity contribution is 9.10. The highest BCUT2D eigenvalue weighted by Crippen LogP contribution is 2.24. The minimum atomic E-state index is 0.565. The highest BCUT2D eigenvalue weighted by atomic mass is 79.9. The molecule has 0 unspecified atom stereocenters. The Morgan fingerprint density at radius 3 is 2.55 bits per heavy atom. The van der Waals surface area contributed by atoms with Crippen LogP contribution < -0.4 is 16.6 Å². The predicted molar refractivity (Wildman–Crippen MR) is 88.0 cm³/mol. The maximum absolute atomic E-state index is 5.51. The van der Waals surface area contributed by atoms with Crippen molar-refractivity contribution in [3.8, 4) is 0 Å².